The number of phenols is 2. The minimum Gasteiger partial charge on any atom is -0.508 e. The fourth-order valence-electron chi connectivity index (χ4n) is 3.31. The number of nitrogens with two attached hydrogens (primary N) is 2. The van der Waals surface area contributed by atoms with Gasteiger partial charge in [-0.25, -0.2) is 0 Å². The zero-order chi connectivity index (χ0) is 20.4. The van der Waals surface area contributed by atoms with Crippen LogP contribution in [0, 0.1) is 0 Å². The lowest BCUT2D eigenvalue weighted by Gasteiger charge is -2.08. The fourth-order valence-corrected chi connectivity index (χ4v) is 3.31. The van der Waals surface area contributed by atoms with Crippen LogP contribution in [0.5, 0.6) is 11.5 Å². The molecule has 0 spiro atoms. The van der Waals surface area contributed by atoms with Crippen molar-refractivity contribution in [3.05, 3.63) is 46.7 Å². The number of aliphatic hydroxyl groups is 1. The summed E-state index contributed by atoms with van der Waals surface area (Å²) in [5.41, 5.74) is 13.3. The minimum absolute atomic E-state index is 0.0169. The number of ketones is 1. The molecule has 7 N–H and O–H groups in total. The van der Waals surface area contributed by atoms with Crippen LogP contribution in [0.1, 0.15) is 47.0 Å². The number of nitrogen functional groups attached to an aromatic ring is 2. The highest BCUT2D eigenvalue weighted by atomic mass is 16.3. The second-order valence-corrected chi connectivity index (χ2v) is 6.74. The average molecular weight is 384 g/mol. The van der Waals surface area contributed by atoms with Crippen LogP contribution in [0.2, 0.25) is 0 Å². The van der Waals surface area contributed by atoms with E-state index in [0.29, 0.717) is 47.1 Å². The summed E-state index contributed by atoms with van der Waals surface area (Å²) in [6.07, 6.45) is 2.45. The SMILES string of the molecule is CCc1oc2cc(CCCCO)c(O)cc2c1C(=O)c1cc(N)c(O)c(N)c1. The number of phenolic OH excluding ortho intramolecular Hbond substituents is 2. The Morgan fingerprint density at radius 2 is 1.75 bits per heavy atom. The predicted octanol–water partition coefficient (Wildman–Crippen LogP) is 3.12. The van der Waals surface area contributed by atoms with Gasteiger partial charge in [0.15, 0.2) is 11.5 Å². The molecule has 0 aliphatic rings. The molecule has 1 aromatic heterocycles. The van der Waals surface area contributed by atoms with Crippen molar-refractivity contribution in [2.24, 2.45) is 0 Å². The summed E-state index contributed by atoms with van der Waals surface area (Å²) in [4.78, 5) is 13.2. The number of aromatic hydroxyl groups is 2. The first-order valence-electron chi connectivity index (χ1n) is 9.18. The molecule has 0 aliphatic heterocycles. The van der Waals surface area contributed by atoms with Crippen molar-refractivity contribution in [3.8, 4) is 11.5 Å². The maximum Gasteiger partial charge on any atom is 0.197 e. The largest absolute Gasteiger partial charge is 0.508 e. The molecular weight excluding hydrogens is 360 g/mol. The highest BCUT2D eigenvalue weighted by Crippen LogP contribution is 2.36. The number of anilines is 2. The van der Waals surface area contributed by atoms with Crippen LogP contribution >= 0.6 is 0 Å². The molecule has 28 heavy (non-hydrogen) atoms. The van der Waals surface area contributed by atoms with Gasteiger partial charge >= 0.3 is 0 Å². The monoisotopic (exact) mass is 384 g/mol. The maximum atomic E-state index is 13.2. The summed E-state index contributed by atoms with van der Waals surface area (Å²) in [6.45, 7) is 1.97. The Morgan fingerprint density at radius 3 is 2.36 bits per heavy atom. The molecule has 3 aromatic rings. The molecule has 148 valence electrons. The number of furan rings is 1. The number of benzene rings is 2. The maximum absolute atomic E-state index is 13.2. The third-order valence-electron chi connectivity index (χ3n) is 4.80. The molecule has 0 fully saturated rings. The van der Waals surface area contributed by atoms with Gasteiger partial charge in [0.1, 0.15) is 17.1 Å². The van der Waals surface area contributed by atoms with Crippen LogP contribution in [0.4, 0.5) is 11.4 Å². The second kappa shape index (κ2) is 7.82. The standard InChI is InChI=1S/C21H24N2O5/c1-2-17-19(20(26)12-7-14(22)21(27)15(23)8-12)13-10-16(25)11(5-3-4-6-24)9-18(13)28-17/h7-10,24-25,27H,2-6,22-23H2,1H3. The third-order valence-corrected chi connectivity index (χ3v) is 4.80. The molecule has 2 aromatic carbocycles. The Bertz CT molecular complexity index is 1020. The first-order chi connectivity index (χ1) is 13.4. The van der Waals surface area contributed by atoms with Gasteiger partial charge in [0, 0.05) is 24.0 Å². The molecule has 7 nitrogen and oxygen atoms in total. The number of hydrogen-bond acceptors (Lipinski definition) is 7. The summed E-state index contributed by atoms with van der Waals surface area (Å²) in [5.74, 6) is -0.0271. The van der Waals surface area contributed by atoms with E-state index in [1.54, 1.807) is 6.07 Å². The topological polar surface area (TPSA) is 143 Å². The quantitative estimate of drug-likeness (QED) is 0.182. The van der Waals surface area contributed by atoms with E-state index in [2.05, 4.69) is 0 Å². The van der Waals surface area contributed by atoms with E-state index in [0.717, 1.165) is 6.42 Å². The van der Waals surface area contributed by atoms with E-state index in [9.17, 15) is 15.0 Å². The van der Waals surface area contributed by atoms with Crippen molar-refractivity contribution in [1.29, 1.82) is 0 Å². The lowest BCUT2D eigenvalue weighted by Crippen LogP contribution is -2.06. The van der Waals surface area contributed by atoms with Gasteiger partial charge in [0.25, 0.3) is 0 Å². The Balaban J connectivity index is 2.09. The third kappa shape index (κ3) is 3.48. The second-order valence-electron chi connectivity index (χ2n) is 6.74. The van der Waals surface area contributed by atoms with E-state index in [4.69, 9.17) is 21.0 Å². The van der Waals surface area contributed by atoms with Crippen molar-refractivity contribution in [1.82, 2.24) is 0 Å². The highest BCUT2D eigenvalue weighted by molar-refractivity contribution is 6.17. The number of fused-ring (bicyclic) bond motifs is 1. The predicted molar refractivity (Wildman–Crippen MR) is 108 cm³/mol. The molecule has 0 atom stereocenters. The number of aryl methyl sites for hydroxylation is 2. The fraction of sp³-hybridized carbons (Fsp3) is 0.286. The number of hydrogen-bond donors (Lipinski definition) is 5. The molecule has 0 aliphatic carbocycles. The van der Waals surface area contributed by atoms with Crippen molar-refractivity contribution in [2.45, 2.75) is 32.6 Å². The van der Waals surface area contributed by atoms with E-state index < -0.39 is 0 Å². The van der Waals surface area contributed by atoms with Gasteiger partial charge in [-0.3, -0.25) is 4.79 Å². The van der Waals surface area contributed by atoms with Gasteiger partial charge in [-0.05, 0) is 49.1 Å². The van der Waals surface area contributed by atoms with Gasteiger partial charge in [0.2, 0.25) is 0 Å². The van der Waals surface area contributed by atoms with Crippen molar-refractivity contribution in [3.63, 3.8) is 0 Å². The zero-order valence-electron chi connectivity index (χ0n) is 15.7. The van der Waals surface area contributed by atoms with Gasteiger partial charge in [-0.2, -0.15) is 0 Å². The Hall–Kier alpha value is -3.19. The normalized spacial score (nSPS) is 11.2. The molecule has 7 heteroatoms. The van der Waals surface area contributed by atoms with Crippen LogP contribution in [0.3, 0.4) is 0 Å². The van der Waals surface area contributed by atoms with Crippen molar-refractivity contribution in [2.75, 3.05) is 18.1 Å². The summed E-state index contributed by atoms with van der Waals surface area (Å²) in [5, 5.41) is 29.6. The molecule has 0 amide bonds. The van der Waals surface area contributed by atoms with Crippen molar-refractivity contribution >= 4 is 28.1 Å². The van der Waals surface area contributed by atoms with Crippen LogP contribution in [0.15, 0.2) is 28.7 Å². The van der Waals surface area contributed by atoms with Crippen LogP contribution in [-0.4, -0.2) is 27.7 Å². The average Bonchev–Trinajstić information content (AvgIpc) is 3.02. The molecule has 0 radical (unpaired) electrons. The van der Waals surface area contributed by atoms with Gasteiger partial charge in [-0.1, -0.05) is 6.92 Å². The Morgan fingerprint density at radius 1 is 1.07 bits per heavy atom. The zero-order valence-corrected chi connectivity index (χ0v) is 15.7. The summed E-state index contributed by atoms with van der Waals surface area (Å²) in [6, 6.07) is 6.01. The van der Waals surface area contributed by atoms with E-state index in [-0.39, 0.29) is 40.8 Å². The minimum atomic E-state index is -0.346. The van der Waals surface area contributed by atoms with Gasteiger partial charge in [0.05, 0.1) is 16.9 Å². The molecule has 3 rings (SSSR count). The van der Waals surface area contributed by atoms with E-state index in [1.807, 2.05) is 6.92 Å². The number of aliphatic hydroxyl groups excluding tert-OH is 1. The Labute approximate surface area is 162 Å². The lowest BCUT2D eigenvalue weighted by atomic mass is 9.96. The van der Waals surface area contributed by atoms with Gasteiger partial charge in [-0.15, -0.1) is 0 Å². The molecule has 0 bridgehead atoms. The van der Waals surface area contributed by atoms with E-state index in [1.165, 1.54) is 18.2 Å². The first-order valence-corrected chi connectivity index (χ1v) is 9.18. The summed E-state index contributed by atoms with van der Waals surface area (Å²) < 4.78 is 5.88. The van der Waals surface area contributed by atoms with Crippen LogP contribution in [-0.2, 0) is 12.8 Å². The number of rotatable bonds is 7. The number of unbranched alkanes of at least 4 members (excludes halogenated alkanes) is 1. The lowest BCUT2D eigenvalue weighted by molar-refractivity contribution is 0.103. The smallest absolute Gasteiger partial charge is 0.197 e. The highest BCUT2D eigenvalue weighted by Gasteiger charge is 2.23. The Kier molecular flexibility index (Phi) is 5.46. The molecule has 0 unspecified atom stereocenters. The van der Waals surface area contributed by atoms with Crippen LogP contribution < -0.4 is 11.5 Å². The molecular formula is C21H24N2O5. The molecule has 1 heterocycles. The van der Waals surface area contributed by atoms with E-state index >= 15 is 0 Å². The summed E-state index contributed by atoms with van der Waals surface area (Å²) in [7, 11) is 0. The van der Waals surface area contributed by atoms with Crippen molar-refractivity contribution < 1.29 is 24.5 Å². The summed E-state index contributed by atoms with van der Waals surface area (Å²) >= 11 is 0. The first kappa shape index (κ1) is 19.6. The number of carbonyl (C=O) groups excluding carboxylic acids is 1. The number of carbonyl (C=O) groups is 1. The van der Waals surface area contributed by atoms with Crippen LogP contribution in [0.25, 0.3) is 11.0 Å². The molecule has 0 saturated carbocycles. The van der Waals surface area contributed by atoms with Gasteiger partial charge < -0.3 is 31.2 Å². The molecule has 0 saturated heterocycles.